The summed E-state index contributed by atoms with van der Waals surface area (Å²) in [5, 5.41) is 1.73. The normalized spacial score (nSPS) is 9.80. The number of ketones is 1. The molecule has 54 valence electrons. The summed E-state index contributed by atoms with van der Waals surface area (Å²) in [6.07, 6.45) is 0. The van der Waals surface area contributed by atoms with Gasteiger partial charge in [-0.2, -0.15) is 0 Å². The second kappa shape index (κ2) is 2.92. The summed E-state index contributed by atoms with van der Waals surface area (Å²) in [6, 6.07) is 1.64. The standard InChI is InChI=1S/C7H7FOS/c1-5(9)7-6(4-8)2-3-10-7/h2-3H,4H2,1H3. The molecule has 0 bridgehead atoms. The molecule has 0 aliphatic heterocycles. The number of hydrogen-bond donors (Lipinski definition) is 0. The van der Waals surface area contributed by atoms with Crippen molar-refractivity contribution in [1.82, 2.24) is 0 Å². The van der Waals surface area contributed by atoms with Crippen molar-refractivity contribution in [3.05, 3.63) is 21.9 Å². The predicted octanol–water partition coefficient (Wildman–Crippen LogP) is 2.42. The van der Waals surface area contributed by atoms with E-state index in [1.807, 2.05) is 0 Å². The molecule has 0 saturated heterocycles. The van der Waals surface area contributed by atoms with Gasteiger partial charge in [0.1, 0.15) is 6.67 Å². The molecule has 0 fully saturated rings. The molecule has 10 heavy (non-hydrogen) atoms. The molecule has 1 aromatic heterocycles. The van der Waals surface area contributed by atoms with Crippen molar-refractivity contribution in [2.24, 2.45) is 0 Å². The molecule has 1 heterocycles. The summed E-state index contributed by atoms with van der Waals surface area (Å²) in [4.78, 5) is 11.3. The van der Waals surface area contributed by atoms with Crippen LogP contribution in [0.5, 0.6) is 0 Å². The van der Waals surface area contributed by atoms with Gasteiger partial charge >= 0.3 is 0 Å². The van der Waals surface area contributed by atoms with E-state index in [-0.39, 0.29) is 5.78 Å². The van der Waals surface area contributed by atoms with E-state index >= 15 is 0 Å². The van der Waals surface area contributed by atoms with Gasteiger partial charge in [-0.15, -0.1) is 11.3 Å². The minimum atomic E-state index is -0.543. The van der Waals surface area contributed by atoms with Gasteiger partial charge in [-0.05, 0) is 18.4 Å². The van der Waals surface area contributed by atoms with Crippen LogP contribution in [0, 0.1) is 0 Å². The van der Waals surface area contributed by atoms with Gasteiger partial charge in [-0.3, -0.25) is 4.79 Å². The van der Waals surface area contributed by atoms with Crippen molar-refractivity contribution in [2.75, 3.05) is 0 Å². The number of hydrogen-bond acceptors (Lipinski definition) is 2. The number of carbonyl (C=O) groups is 1. The number of alkyl halides is 1. The number of halogens is 1. The molecule has 0 saturated carbocycles. The lowest BCUT2D eigenvalue weighted by molar-refractivity contribution is 0.102. The van der Waals surface area contributed by atoms with Crippen LogP contribution in [0.15, 0.2) is 11.4 Å². The molecule has 0 amide bonds. The zero-order valence-corrected chi connectivity index (χ0v) is 6.37. The van der Waals surface area contributed by atoms with Gasteiger partial charge in [0.15, 0.2) is 5.78 Å². The van der Waals surface area contributed by atoms with Gasteiger partial charge in [0.2, 0.25) is 0 Å². The van der Waals surface area contributed by atoms with Crippen LogP contribution >= 0.6 is 11.3 Å². The first-order valence-corrected chi connectivity index (χ1v) is 3.77. The number of Topliss-reactive ketones (excluding diaryl/α,β-unsaturated/α-hetero) is 1. The Morgan fingerprint density at radius 3 is 2.90 bits per heavy atom. The Balaban J connectivity index is 3.01. The SMILES string of the molecule is CC(=O)c1sccc1CF. The average molecular weight is 158 g/mol. The summed E-state index contributed by atoms with van der Waals surface area (Å²) >= 11 is 1.29. The van der Waals surface area contributed by atoms with E-state index in [0.29, 0.717) is 10.4 Å². The van der Waals surface area contributed by atoms with E-state index in [1.165, 1.54) is 18.3 Å². The fourth-order valence-corrected chi connectivity index (χ4v) is 1.56. The first kappa shape index (κ1) is 7.41. The van der Waals surface area contributed by atoms with Gasteiger partial charge in [0.25, 0.3) is 0 Å². The predicted molar refractivity (Wildman–Crippen MR) is 39.1 cm³/mol. The maximum atomic E-state index is 12.0. The van der Waals surface area contributed by atoms with E-state index in [2.05, 4.69) is 0 Å². The molecular weight excluding hydrogens is 151 g/mol. The van der Waals surface area contributed by atoms with Gasteiger partial charge in [-0.25, -0.2) is 4.39 Å². The van der Waals surface area contributed by atoms with Crippen molar-refractivity contribution < 1.29 is 9.18 Å². The molecule has 1 aromatic rings. The van der Waals surface area contributed by atoms with Crippen LogP contribution in [0.3, 0.4) is 0 Å². The Morgan fingerprint density at radius 2 is 2.50 bits per heavy atom. The molecule has 0 aromatic carbocycles. The van der Waals surface area contributed by atoms with Gasteiger partial charge in [-0.1, -0.05) is 0 Å². The molecule has 1 rings (SSSR count). The molecule has 0 aliphatic rings. The van der Waals surface area contributed by atoms with Crippen molar-refractivity contribution in [1.29, 1.82) is 0 Å². The Labute approximate surface area is 62.5 Å². The van der Waals surface area contributed by atoms with Crippen LogP contribution in [0.25, 0.3) is 0 Å². The monoisotopic (exact) mass is 158 g/mol. The van der Waals surface area contributed by atoms with Crippen molar-refractivity contribution in [3.8, 4) is 0 Å². The first-order chi connectivity index (χ1) is 4.75. The number of rotatable bonds is 2. The highest BCUT2D eigenvalue weighted by atomic mass is 32.1. The largest absolute Gasteiger partial charge is 0.294 e. The zero-order valence-electron chi connectivity index (χ0n) is 5.56. The van der Waals surface area contributed by atoms with Crippen LogP contribution in [0.2, 0.25) is 0 Å². The first-order valence-electron chi connectivity index (χ1n) is 2.89. The molecule has 0 N–H and O–H groups in total. The van der Waals surface area contributed by atoms with Crippen LogP contribution < -0.4 is 0 Å². The van der Waals surface area contributed by atoms with E-state index in [1.54, 1.807) is 11.4 Å². The fourth-order valence-electron chi connectivity index (χ4n) is 0.750. The highest BCUT2D eigenvalue weighted by Crippen LogP contribution is 2.17. The van der Waals surface area contributed by atoms with Crippen molar-refractivity contribution >= 4 is 17.1 Å². The molecule has 0 aliphatic carbocycles. The highest BCUT2D eigenvalue weighted by Gasteiger charge is 2.06. The summed E-state index contributed by atoms with van der Waals surface area (Å²) < 4.78 is 12.0. The lowest BCUT2D eigenvalue weighted by atomic mass is 10.2. The molecule has 0 atom stereocenters. The summed E-state index contributed by atoms with van der Waals surface area (Å²) in [6.45, 7) is 0.906. The van der Waals surface area contributed by atoms with Gasteiger partial charge < -0.3 is 0 Å². The summed E-state index contributed by atoms with van der Waals surface area (Å²) in [5.74, 6) is -0.0531. The maximum Gasteiger partial charge on any atom is 0.170 e. The second-order valence-electron chi connectivity index (χ2n) is 1.96. The second-order valence-corrected chi connectivity index (χ2v) is 2.88. The molecule has 0 unspecified atom stereocenters. The third kappa shape index (κ3) is 1.24. The minimum Gasteiger partial charge on any atom is -0.294 e. The lowest BCUT2D eigenvalue weighted by Gasteiger charge is -1.90. The number of carbonyl (C=O) groups excluding carboxylic acids is 1. The molecule has 3 heteroatoms. The molecular formula is C7H7FOS. The molecule has 0 radical (unpaired) electrons. The summed E-state index contributed by atoms with van der Waals surface area (Å²) in [7, 11) is 0. The Morgan fingerprint density at radius 1 is 1.80 bits per heavy atom. The minimum absolute atomic E-state index is 0.0531. The Hall–Kier alpha value is -0.700. The van der Waals surface area contributed by atoms with Crippen LogP contribution in [-0.4, -0.2) is 5.78 Å². The maximum absolute atomic E-state index is 12.0. The average Bonchev–Trinajstić information content (AvgIpc) is 2.33. The fraction of sp³-hybridized carbons (Fsp3) is 0.286. The van der Waals surface area contributed by atoms with Gasteiger partial charge in [0, 0.05) is 5.56 Å². The highest BCUT2D eigenvalue weighted by molar-refractivity contribution is 7.12. The van der Waals surface area contributed by atoms with Crippen LogP contribution in [-0.2, 0) is 6.67 Å². The Kier molecular flexibility index (Phi) is 2.17. The van der Waals surface area contributed by atoms with E-state index < -0.39 is 6.67 Å². The van der Waals surface area contributed by atoms with Gasteiger partial charge in [0.05, 0.1) is 4.88 Å². The third-order valence-electron chi connectivity index (χ3n) is 1.21. The van der Waals surface area contributed by atoms with E-state index in [0.717, 1.165) is 0 Å². The van der Waals surface area contributed by atoms with Crippen LogP contribution in [0.4, 0.5) is 4.39 Å². The lowest BCUT2D eigenvalue weighted by Crippen LogP contribution is -1.90. The third-order valence-corrected chi connectivity index (χ3v) is 2.27. The quantitative estimate of drug-likeness (QED) is 0.604. The van der Waals surface area contributed by atoms with Crippen molar-refractivity contribution in [3.63, 3.8) is 0 Å². The smallest absolute Gasteiger partial charge is 0.170 e. The Bertz CT molecular complexity index is 242. The topological polar surface area (TPSA) is 17.1 Å². The zero-order chi connectivity index (χ0) is 7.56. The summed E-state index contributed by atoms with van der Waals surface area (Å²) in [5.41, 5.74) is 0.512. The van der Waals surface area contributed by atoms with E-state index in [9.17, 15) is 9.18 Å². The van der Waals surface area contributed by atoms with E-state index in [4.69, 9.17) is 0 Å². The van der Waals surface area contributed by atoms with Crippen molar-refractivity contribution in [2.45, 2.75) is 13.6 Å². The molecule has 1 nitrogen and oxygen atoms in total. The van der Waals surface area contributed by atoms with Crippen LogP contribution in [0.1, 0.15) is 22.2 Å². The number of thiophene rings is 1. The molecule has 0 spiro atoms.